The third-order valence-corrected chi connectivity index (χ3v) is 4.21. The maximum absolute atomic E-state index is 10.7. The minimum Gasteiger partial charge on any atom is -0.390 e. The van der Waals surface area contributed by atoms with Crippen molar-refractivity contribution in [3.63, 3.8) is 0 Å². The Morgan fingerprint density at radius 2 is 1.85 bits per heavy atom. The summed E-state index contributed by atoms with van der Waals surface area (Å²) in [5.41, 5.74) is 0.379. The number of hydrogen-bond acceptors (Lipinski definition) is 1. The van der Waals surface area contributed by atoms with E-state index in [4.69, 9.17) is 0 Å². The molecule has 13 heavy (non-hydrogen) atoms. The van der Waals surface area contributed by atoms with Crippen molar-refractivity contribution in [3.05, 3.63) is 0 Å². The van der Waals surface area contributed by atoms with E-state index >= 15 is 0 Å². The van der Waals surface area contributed by atoms with E-state index < -0.39 is 6.10 Å². The van der Waals surface area contributed by atoms with Crippen LogP contribution in [0.15, 0.2) is 0 Å². The van der Waals surface area contributed by atoms with Gasteiger partial charge in [0.2, 0.25) is 0 Å². The van der Waals surface area contributed by atoms with Crippen LogP contribution in [0.3, 0.4) is 0 Å². The molecule has 0 aliphatic heterocycles. The smallest absolute Gasteiger partial charge is 0.108 e. The van der Waals surface area contributed by atoms with Gasteiger partial charge < -0.3 is 5.11 Å². The molecule has 2 unspecified atom stereocenters. The zero-order valence-corrected chi connectivity index (χ0v) is 8.17. The number of hydrogen-bond donors (Lipinski definition) is 1. The Labute approximate surface area is 80.0 Å². The van der Waals surface area contributed by atoms with Crippen LogP contribution in [-0.2, 0) is 5.11 Å². The maximum Gasteiger partial charge on any atom is 0.108 e. The summed E-state index contributed by atoms with van der Waals surface area (Å²) in [6.07, 6.45) is 8.13. The molecule has 2 rings (SSSR count). The summed E-state index contributed by atoms with van der Waals surface area (Å²) in [6.45, 7) is -0.299. The first-order valence-electron chi connectivity index (χ1n) is 5.55. The van der Waals surface area contributed by atoms with E-state index in [1.54, 1.807) is 0 Å². The van der Waals surface area contributed by atoms with Gasteiger partial charge in [0.15, 0.2) is 0 Å². The SMILES string of the molecule is [O]CC(O)C1CCCC12CCCC2. The van der Waals surface area contributed by atoms with Crippen molar-refractivity contribution in [1.29, 1.82) is 0 Å². The third kappa shape index (κ3) is 1.50. The Balaban J connectivity index is 2.08. The van der Waals surface area contributed by atoms with Crippen molar-refractivity contribution in [1.82, 2.24) is 0 Å². The lowest BCUT2D eigenvalue weighted by molar-refractivity contribution is -0.0205. The highest BCUT2D eigenvalue weighted by molar-refractivity contribution is 4.97. The highest BCUT2D eigenvalue weighted by Crippen LogP contribution is 2.55. The molecule has 2 aliphatic rings. The zero-order chi connectivity index (χ0) is 9.31. The van der Waals surface area contributed by atoms with Gasteiger partial charge in [-0.2, -0.15) is 0 Å². The standard InChI is InChI=1S/C11H19O2/c12-8-10(13)9-4-3-7-11(9)5-1-2-6-11/h9-10,13H,1-8H2. The van der Waals surface area contributed by atoms with Gasteiger partial charge in [-0.05, 0) is 37.0 Å². The molecule has 2 saturated carbocycles. The predicted octanol–water partition coefficient (Wildman–Crippen LogP) is 2.14. The van der Waals surface area contributed by atoms with E-state index in [1.807, 2.05) is 0 Å². The molecule has 2 heteroatoms. The second-order valence-electron chi connectivity index (χ2n) is 4.80. The van der Waals surface area contributed by atoms with Crippen molar-refractivity contribution in [2.75, 3.05) is 6.61 Å². The van der Waals surface area contributed by atoms with Crippen LogP contribution in [0.25, 0.3) is 0 Å². The van der Waals surface area contributed by atoms with Gasteiger partial charge in [0, 0.05) is 0 Å². The van der Waals surface area contributed by atoms with Gasteiger partial charge >= 0.3 is 0 Å². The Morgan fingerprint density at radius 3 is 2.46 bits per heavy atom. The van der Waals surface area contributed by atoms with Crippen molar-refractivity contribution < 1.29 is 10.2 Å². The first-order valence-corrected chi connectivity index (χ1v) is 5.55. The molecule has 0 aromatic heterocycles. The van der Waals surface area contributed by atoms with Gasteiger partial charge in [-0.25, -0.2) is 5.11 Å². The van der Waals surface area contributed by atoms with Crippen molar-refractivity contribution in [3.8, 4) is 0 Å². The largest absolute Gasteiger partial charge is 0.390 e. The van der Waals surface area contributed by atoms with Crippen molar-refractivity contribution in [2.24, 2.45) is 11.3 Å². The molecule has 0 saturated heterocycles. The summed E-state index contributed by atoms with van der Waals surface area (Å²) < 4.78 is 0. The quantitative estimate of drug-likeness (QED) is 0.700. The molecule has 0 bridgehead atoms. The molecule has 2 atom stereocenters. The normalized spacial score (nSPS) is 34.2. The molecule has 2 nitrogen and oxygen atoms in total. The van der Waals surface area contributed by atoms with E-state index in [-0.39, 0.29) is 6.61 Å². The third-order valence-electron chi connectivity index (χ3n) is 4.21. The number of aliphatic hydroxyl groups is 1. The monoisotopic (exact) mass is 183 g/mol. The van der Waals surface area contributed by atoms with Gasteiger partial charge in [-0.15, -0.1) is 0 Å². The van der Waals surface area contributed by atoms with Gasteiger partial charge in [0.1, 0.15) is 6.61 Å². The highest BCUT2D eigenvalue weighted by Gasteiger charge is 2.47. The molecular weight excluding hydrogens is 164 g/mol. The second kappa shape index (κ2) is 3.58. The van der Waals surface area contributed by atoms with Crippen LogP contribution >= 0.6 is 0 Å². The average molecular weight is 183 g/mol. The van der Waals surface area contributed by atoms with Crippen LogP contribution in [0.4, 0.5) is 0 Å². The summed E-state index contributed by atoms with van der Waals surface area (Å²) in [7, 11) is 0. The van der Waals surface area contributed by atoms with Gasteiger partial charge in [-0.3, -0.25) is 0 Å². The number of rotatable bonds is 2. The van der Waals surface area contributed by atoms with E-state index in [2.05, 4.69) is 0 Å². The molecule has 0 heterocycles. The van der Waals surface area contributed by atoms with Crippen LogP contribution in [0.5, 0.6) is 0 Å². The van der Waals surface area contributed by atoms with Gasteiger partial charge in [0.05, 0.1) is 6.10 Å². The van der Waals surface area contributed by atoms with E-state index in [1.165, 1.54) is 38.5 Å². The predicted molar refractivity (Wildman–Crippen MR) is 49.8 cm³/mol. The van der Waals surface area contributed by atoms with Crippen LogP contribution in [0, 0.1) is 11.3 Å². The average Bonchev–Trinajstić information content (AvgIpc) is 2.76. The Bertz CT molecular complexity index is 167. The fraction of sp³-hybridized carbons (Fsp3) is 1.00. The summed E-state index contributed by atoms with van der Waals surface area (Å²) in [5, 5.41) is 20.4. The van der Waals surface area contributed by atoms with Crippen LogP contribution in [0.2, 0.25) is 0 Å². The number of aliphatic hydroxyl groups excluding tert-OH is 1. The van der Waals surface area contributed by atoms with Crippen molar-refractivity contribution in [2.45, 2.75) is 51.0 Å². The minimum absolute atomic E-state index is 0.299. The molecule has 2 aliphatic carbocycles. The maximum atomic E-state index is 10.7. The molecule has 1 N–H and O–H groups in total. The van der Waals surface area contributed by atoms with Gasteiger partial charge in [0.25, 0.3) is 0 Å². The molecule has 0 aromatic rings. The molecule has 1 spiro atoms. The molecule has 1 radical (unpaired) electrons. The molecule has 0 amide bonds. The Morgan fingerprint density at radius 1 is 1.23 bits per heavy atom. The van der Waals surface area contributed by atoms with Crippen LogP contribution in [0.1, 0.15) is 44.9 Å². The second-order valence-corrected chi connectivity index (χ2v) is 4.80. The summed E-state index contributed by atoms with van der Waals surface area (Å²) in [6, 6.07) is 0. The minimum atomic E-state index is -0.569. The van der Waals surface area contributed by atoms with Crippen molar-refractivity contribution >= 4 is 0 Å². The fourth-order valence-electron chi connectivity index (χ4n) is 3.58. The van der Waals surface area contributed by atoms with E-state index in [9.17, 15) is 10.2 Å². The summed E-state index contributed by atoms with van der Waals surface area (Å²) in [5.74, 6) is 0.326. The van der Waals surface area contributed by atoms with E-state index in [0.29, 0.717) is 11.3 Å². The highest BCUT2D eigenvalue weighted by atomic mass is 16.3. The fourth-order valence-corrected chi connectivity index (χ4v) is 3.58. The first kappa shape index (κ1) is 9.47. The molecule has 2 fully saturated rings. The molecular formula is C11H19O2. The summed E-state index contributed by atoms with van der Waals surface area (Å²) >= 11 is 0. The zero-order valence-electron chi connectivity index (χ0n) is 8.17. The molecule has 75 valence electrons. The molecule has 0 aromatic carbocycles. The van der Waals surface area contributed by atoms with E-state index in [0.717, 1.165) is 6.42 Å². The summed E-state index contributed by atoms with van der Waals surface area (Å²) in [4.78, 5) is 0. The lowest BCUT2D eigenvalue weighted by atomic mass is 9.74. The topological polar surface area (TPSA) is 40.1 Å². The van der Waals surface area contributed by atoms with Crippen LogP contribution in [-0.4, -0.2) is 17.8 Å². The lowest BCUT2D eigenvalue weighted by Crippen LogP contribution is -2.34. The Hall–Kier alpha value is -0.0800. The van der Waals surface area contributed by atoms with Crippen LogP contribution < -0.4 is 0 Å². The van der Waals surface area contributed by atoms with Gasteiger partial charge in [-0.1, -0.05) is 19.3 Å². The lowest BCUT2D eigenvalue weighted by Gasteiger charge is -2.33. The first-order chi connectivity index (χ1) is 6.28. The Kier molecular flexibility index (Phi) is 2.61.